The summed E-state index contributed by atoms with van der Waals surface area (Å²) in [6.45, 7) is 5.25. The lowest BCUT2D eigenvalue weighted by Crippen LogP contribution is -2.00. The Morgan fingerprint density at radius 3 is 2.82 bits per heavy atom. The Hall–Kier alpha value is -1.38. The van der Waals surface area contributed by atoms with Crippen molar-refractivity contribution in [1.82, 2.24) is 4.98 Å². The maximum Gasteiger partial charge on any atom is 0.141 e. The molecule has 0 saturated heterocycles. The summed E-state index contributed by atoms with van der Waals surface area (Å²) in [7, 11) is 0. The van der Waals surface area contributed by atoms with Gasteiger partial charge in [-0.1, -0.05) is 6.58 Å². The van der Waals surface area contributed by atoms with Crippen molar-refractivity contribution in [3.8, 4) is 0 Å². The molecular weight excluding hydrogens is 143 g/mol. The molecule has 2 N–H and O–H groups in total. The van der Waals surface area contributed by atoms with Crippen LogP contribution >= 0.6 is 0 Å². The van der Waals surface area contributed by atoms with E-state index in [0.717, 1.165) is 6.20 Å². The molecule has 0 amide bonds. The Morgan fingerprint density at radius 2 is 2.36 bits per heavy atom. The molecule has 0 aliphatic heterocycles. The van der Waals surface area contributed by atoms with Crippen molar-refractivity contribution in [2.75, 3.05) is 0 Å². The predicted octanol–water partition coefficient (Wildman–Crippen LogP) is 1.46. The van der Waals surface area contributed by atoms with Gasteiger partial charge in [-0.25, -0.2) is 4.39 Å². The second kappa shape index (κ2) is 2.70. The van der Waals surface area contributed by atoms with E-state index >= 15 is 0 Å². The number of hydrogen-bond donors (Lipinski definition) is 1. The van der Waals surface area contributed by atoms with Crippen LogP contribution in [0.5, 0.6) is 0 Å². The number of nitrogens with two attached hydrogens (primary N) is 1. The smallest absolute Gasteiger partial charge is 0.141 e. The van der Waals surface area contributed by atoms with Crippen molar-refractivity contribution < 1.29 is 4.39 Å². The molecular formula is C8H9FN2. The van der Waals surface area contributed by atoms with E-state index in [1.165, 1.54) is 6.07 Å². The van der Waals surface area contributed by atoms with Crippen LogP contribution in [0.3, 0.4) is 0 Å². The fraction of sp³-hybridized carbons (Fsp3) is 0.125. The van der Waals surface area contributed by atoms with Gasteiger partial charge in [0.05, 0.1) is 17.6 Å². The molecule has 0 aliphatic carbocycles. The van der Waals surface area contributed by atoms with Crippen LogP contribution in [-0.2, 0) is 0 Å². The summed E-state index contributed by atoms with van der Waals surface area (Å²) >= 11 is 0. The first kappa shape index (κ1) is 7.72. The van der Waals surface area contributed by atoms with Crippen LogP contribution in [0.2, 0.25) is 0 Å². The molecule has 2 nitrogen and oxygen atoms in total. The minimum Gasteiger partial charge on any atom is -0.397 e. The van der Waals surface area contributed by atoms with Crippen molar-refractivity contribution in [2.24, 2.45) is 5.73 Å². The largest absolute Gasteiger partial charge is 0.397 e. The van der Waals surface area contributed by atoms with E-state index in [0.29, 0.717) is 17.0 Å². The standard InChI is InChI=1S/C8H9FN2/c1-5-3-7(9)4-11-8(5)6(2)10/h3-4H,2,10H2,1H3. The minimum absolute atomic E-state index is 0.354. The fourth-order valence-electron chi connectivity index (χ4n) is 0.877. The van der Waals surface area contributed by atoms with Crippen LogP contribution in [0.4, 0.5) is 4.39 Å². The quantitative estimate of drug-likeness (QED) is 0.661. The average molecular weight is 152 g/mol. The Morgan fingerprint density at radius 1 is 1.73 bits per heavy atom. The highest BCUT2D eigenvalue weighted by Crippen LogP contribution is 2.10. The third-order valence-corrected chi connectivity index (χ3v) is 1.35. The lowest BCUT2D eigenvalue weighted by molar-refractivity contribution is 0.619. The minimum atomic E-state index is -0.354. The lowest BCUT2D eigenvalue weighted by atomic mass is 10.2. The molecule has 0 unspecified atom stereocenters. The maximum absolute atomic E-state index is 12.5. The van der Waals surface area contributed by atoms with Crippen molar-refractivity contribution >= 4 is 5.70 Å². The monoisotopic (exact) mass is 152 g/mol. The molecule has 58 valence electrons. The van der Waals surface area contributed by atoms with Gasteiger partial charge in [0.15, 0.2) is 0 Å². The molecule has 1 aromatic rings. The van der Waals surface area contributed by atoms with Crippen LogP contribution in [0, 0.1) is 12.7 Å². The Bertz CT molecular complexity index is 294. The van der Waals surface area contributed by atoms with E-state index in [2.05, 4.69) is 11.6 Å². The van der Waals surface area contributed by atoms with Crippen molar-refractivity contribution in [1.29, 1.82) is 0 Å². The number of halogens is 1. The molecule has 0 saturated carbocycles. The Balaban J connectivity index is 3.20. The highest BCUT2D eigenvalue weighted by molar-refractivity contribution is 5.59. The third kappa shape index (κ3) is 1.55. The summed E-state index contributed by atoms with van der Waals surface area (Å²) in [5, 5.41) is 0. The van der Waals surface area contributed by atoms with Crippen LogP contribution < -0.4 is 5.73 Å². The van der Waals surface area contributed by atoms with Gasteiger partial charge < -0.3 is 5.73 Å². The van der Waals surface area contributed by atoms with Gasteiger partial charge in [0, 0.05) is 0 Å². The van der Waals surface area contributed by atoms with Crippen LogP contribution in [0.1, 0.15) is 11.3 Å². The maximum atomic E-state index is 12.5. The average Bonchev–Trinajstić information content (AvgIpc) is 1.85. The summed E-state index contributed by atoms with van der Waals surface area (Å²) in [5.41, 5.74) is 7.02. The first-order chi connectivity index (χ1) is 5.11. The number of aromatic nitrogens is 1. The predicted molar refractivity (Wildman–Crippen MR) is 42.2 cm³/mol. The summed E-state index contributed by atoms with van der Waals surface area (Å²) in [6.07, 6.45) is 1.13. The summed E-state index contributed by atoms with van der Waals surface area (Å²) in [4.78, 5) is 3.78. The molecule has 0 aliphatic rings. The number of rotatable bonds is 1. The first-order valence-corrected chi connectivity index (χ1v) is 3.18. The third-order valence-electron chi connectivity index (χ3n) is 1.35. The number of pyridine rings is 1. The number of aryl methyl sites for hydroxylation is 1. The first-order valence-electron chi connectivity index (χ1n) is 3.18. The summed E-state index contributed by atoms with van der Waals surface area (Å²) < 4.78 is 12.5. The van der Waals surface area contributed by atoms with Gasteiger partial charge in [-0.15, -0.1) is 0 Å². The van der Waals surface area contributed by atoms with Gasteiger partial charge >= 0.3 is 0 Å². The van der Waals surface area contributed by atoms with Crippen molar-refractivity contribution in [3.05, 3.63) is 35.9 Å². The Kier molecular flexibility index (Phi) is 1.89. The molecule has 0 bridgehead atoms. The van der Waals surface area contributed by atoms with Gasteiger partial charge in [-0.05, 0) is 18.6 Å². The zero-order chi connectivity index (χ0) is 8.43. The van der Waals surface area contributed by atoms with E-state index in [4.69, 9.17) is 5.73 Å². The van der Waals surface area contributed by atoms with E-state index in [1.54, 1.807) is 6.92 Å². The van der Waals surface area contributed by atoms with Gasteiger partial charge in [-0.2, -0.15) is 0 Å². The fourth-order valence-corrected chi connectivity index (χ4v) is 0.877. The van der Waals surface area contributed by atoms with Crippen molar-refractivity contribution in [3.63, 3.8) is 0 Å². The molecule has 3 heteroatoms. The molecule has 0 fully saturated rings. The second-order valence-electron chi connectivity index (χ2n) is 2.34. The van der Waals surface area contributed by atoms with E-state index in [1.807, 2.05) is 0 Å². The highest BCUT2D eigenvalue weighted by Gasteiger charge is 2.01. The Labute approximate surface area is 64.6 Å². The molecule has 1 rings (SSSR count). The van der Waals surface area contributed by atoms with Gasteiger partial charge in [0.1, 0.15) is 5.82 Å². The molecule has 11 heavy (non-hydrogen) atoms. The van der Waals surface area contributed by atoms with E-state index in [9.17, 15) is 4.39 Å². The molecule has 1 aromatic heterocycles. The number of hydrogen-bond acceptors (Lipinski definition) is 2. The van der Waals surface area contributed by atoms with Crippen LogP contribution in [0.15, 0.2) is 18.8 Å². The molecule has 0 aromatic carbocycles. The molecule has 1 heterocycles. The van der Waals surface area contributed by atoms with Crippen molar-refractivity contribution in [2.45, 2.75) is 6.92 Å². The van der Waals surface area contributed by atoms with E-state index < -0.39 is 0 Å². The normalized spacial score (nSPS) is 9.64. The zero-order valence-corrected chi connectivity index (χ0v) is 6.26. The highest BCUT2D eigenvalue weighted by atomic mass is 19.1. The zero-order valence-electron chi connectivity index (χ0n) is 6.26. The number of nitrogens with zero attached hydrogens (tertiary/aromatic N) is 1. The van der Waals surface area contributed by atoms with Gasteiger partial charge in [-0.3, -0.25) is 4.98 Å². The van der Waals surface area contributed by atoms with E-state index in [-0.39, 0.29) is 5.82 Å². The van der Waals surface area contributed by atoms with Gasteiger partial charge in [0.25, 0.3) is 0 Å². The SMILES string of the molecule is C=C(N)c1ncc(F)cc1C. The van der Waals surface area contributed by atoms with Crippen LogP contribution in [0.25, 0.3) is 5.70 Å². The molecule has 0 radical (unpaired) electrons. The lowest BCUT2D eigenvalue weighted by Gasteiger charge is -2.01. The second-order valence-corrected chi connectivity index (χ2v) is 2.34. The molecule has 0 atom stereocenters. The van der Waals surface area contributed by atoms with Gasteiger partial charge in [0.2, 0.25) is 0 Å². The molecule has 0 spiro atoms. The summed E-state index contributed by atoms with van der Waals surface area (Å²) in [6, 6.07) is 1.38. The topological polar surface area (TPSA) is 38.9 Å². The summed E-state index contributed by atoms with van der Waals surface area (Å²) in [5.74, 6) is -0.354. The van der Waals surface area contributed by atoms with Crippen LogP contribution in [-0.4, -0.2) is 4.98 Å².